The summed E-state index contributed by atoms with van der Waals surface area (Å²) in [4.78, 5) is 14.9. The van der Waals surface area contributed by atoms with Crippen molar-refractivity contribution in [2.24, 2.45) is 0 Å². The number of carbonyl (C=O) groups excluding carboxylic acids is 1. The first-order valence-electron chi connectivity index (χ1n) is 5.66. The van der Waals surface area contributed by atoms with Crippen molar-refractivity contribution < 1.29 is 9.58 Å². The number of rotatable bonds is 3. The fraction of sp³-hybridized carbons (Fsp3) is 0.0667. The maximum atomic E-state index is 11.9. The minimum absolute atomic E-state index is 0.0490. The predicted molar refractivity (Wildman–Crippen MR) is 70.9 cm³/mol. The third-order valence-electron chi connectivity index (χ3n) is 2.63. The molecule has 0 N–H and O–H groups in total. The van der Waals surface area contributed by atoms with Crippen molar-refractivity contribution in [2.45, 2.75) is 6.42 Å². The zero-order chi connectivity index (χ0) is 12.8. The minimum Gasteiger partial charge on any atom is -0.361 e. The lowest BCUT2D eigenvalue weighted by molar-refractivity contribution is -0.111. The van der Waals surface area contributed by atoms with Crippen LogP contribution in [-0.2, 0) is 4.79 Å². The summed E-state index contributed by atoms with van der Waals surface area (Å²) in [5.41, 5.74) is 10.7. The van der Waals surface area contributed by atoms with E-state index in [1.807, 2.05) is 30.3 Å². The van der Waals surface area contributed by atoms with E-state index in [0.717, 1.165) is 5.56 Å². The van der Waals surface area contributed by atoms with E-state index in [-0.39, 0.29) is 5.78 Å². The van der Waals surface area contributed by atoms with Crippen LogP contribution in [0, 0.1) is 0 Å². The molecule has 1 aromatic carbocycles. The normalized spacial score (nSPS) is 14.4. The molecule has 2 rings (SSSR count). The molecule has 0 unspecified atom stereocenters. The van der Waals surface area contributed by atoms with E-state index in [1.54, 1.807) is 30.4 Å². The molecule has 1 aliphatic rings. The largest absolute Gasteiger partial charge is 0.361 e. The smallest absolute Gasteiger partial charge is 0.295 e. The van der Waals surface area contributed by atoms with Crippen LogP contribution in [0.5, 0.6) is 0 Å². The molecule has 18 heavy (non-hydrogen) atoms. The second-order valence-electron chi connectivity index (χ2n) is 3.90. The Morgan fingerprint density at radius 1 is 1.22 bits per heavy atom. The molecule has 0 amide bonds. The Balaban J connectivity index is 2.06. The number of allylic oxidation sites excluding steroid dienone is 5. The molecule has 0 spiro atoms. The van der Waals surface area contributed by atoms with Gasteiger partial charge in [-0.05, 0) is 17.7 Å². The highest BCUT2D eigenvalue weighted by atomic mass is 16.1. The molecule has 3 nitrogen and oxygen atoms in total. The Bertz CT molecular complexity index is 588. The van der Waals surface area contributed by atoms with E-state index < -0.39 is 0 Å². The van der Waals surface area contributed by atoms with Crippen LogP contribution in [0.25, 0.3) is 11.6 Å². The van der Waals surface area contributed by atoms with Crippen LogP contribution < -0.4 is 0 Å². The number of nitrogens with zero attached hydrogens (tertiary/aromatic N) is 2. The van der Waals surface area contributed by atoms with Gasteiger partial charge in [-0.2, -0.15) is 4.79 Å². The summed E-state index contributed by atoms with van der Waals surface area (Å²) in [7, 11) is 0. The predicted octanol–water partition coefficient (Wildman–Crippen LogP) is 2.83. The molecule has 0 atom stereocenters. The van der Waals surface area contributed by atoms with Crippen molar-refractivity contribution in [1.82, 2.24) is 0 Å². The monoisotopic (exact) mass is 236 g/mol. The molecule has 0 saturated heterocycles. The van der Waals surface area contributed by atoms with Crippen LogP contribution in [0.3, 0.4) is 0 Å². The zero-order valence-electron chi connectivity index (χ0n) is 9.78. The quantitative estimate of drug-likeness (QED) is 0.452. The van der Waals surface area contributed by atoms with Gasteiger partial charge in [0.25, 0.3) is 5.71 Å². The van der Waals surface area contributed by atoms with E-state index in [4.69, 9.17) is 5.53 Å². The Labute approximate surface area is 105 Å². The Kier molecular flexibility index (Phi) is 3.79. The lowest BCUT2D eigenvalue weighted by Crippen LogP contribution is -2.04. The van der Waals surface area contributed by atoms with Gasteiger partial charge in [-0.15, -0.1) is 0 Å². The topological polar surface area (TPSA) is 53.5 Å². The van der Waals surface area contributed by atoms with Gasteiger partial charge in [0.15, 0.2) is 5.78 Å². The number of ketones is 1. The van der Waals surface area contributed by atoms with Gasteiger partial charge in [-0.25, -0.2) is 0 Å². The lowest BCUT2D eigenvalue weighted by atomic mass is 10.0. The van der Waals surface area contributed by atoms with Crippen LogP contribution in [0.1, 0.15) is 12.0 Å². The van der Waals surface area contributed by atoms with Crippen molar-refractivity contribution in [1.29, 1.82) is 0 Å². The van der Waals surface area contributed by atoms with Crippen LogP contribution in [0.15, 0.2) is 60.2 Å². The average molecular weight is 236 g/mol. The molecule has 0 heterocycles. The highest BCUT2D eigenvalue weighted by molar-refractivity contribution is 6.10. The van der Waals surface area contributed by atoms with Gasteiger partial charge >= 0.3 is 0 Å². The van der Waals surface area contributed by atoms with E-state index in [0.29, 0.717) is 17.7 Å². The Morgan fingerprint density at radius 3 is 2.61 bits per heavy atom. The summed E-state index contributed by atoms with van der Waals surface area (Å²) < 4.78 is 0. The first kappa shape index (κ1) is 12.0. The van der Waals surface area contributed by atoms with Crippen LogP contribution in [0.4, 0.5) is 0 Å². The first-order valence-corrected chi connectivity index (χ1v) is 5.66. The van der Waals surface area contributed by atoms with E-state index in [1.165, 1.54) is 0 Å². The van der Waals surface area contributed by atoms with Gasteiger partial charge in [-0.1, -0.05) is 42.5 Å². The number of carbonyl (C=O) groups is 1. The second-order valence-corrected chi connectivity index (χ2v) is 3.90. The molecular formula is C15H12N2O. The molecule has 1 aromatic rings. The average Bonchev–Trinajstić information content (AvgIpc) is 2.46. The van der Waals surface area contributed by atoms with Crippen molar-refractivity contribution in [3.8, 4) is 0 Å². The minimum atomic E-state index is -0.0490. The molecule has 3 heteroatoms. The van der Waals surface area contributed by atoms with Crippen molar-refractivity contribution in [2.75, 3.05) is 0 Å². The summed E-state index contributed by atoms with van der Waals surface area (Å²) in [5, 5.41) is 0. The van der Waals surface area contributed by atoms with Gasteiger partial charge in [0.2, 0.25) is 0 Å². The number of benzene rings is 1. The fourth-order valence-electron chi connectivity index (χ4n) is 1.63. The van der Waals surface area contributed by atoms with E-state index >= 15 is 0 Å². The SMILES string of the molecule is [N-]=[N+]=C1C=CC(C(=O)C=Cc2ccccc2)=CC1. The van der Waals surface area contributed by atoms with Crippen LogP contribution in [0.2, 0.25) is 0 Å². The summed E-state index contributed by atoms with van der Waals surface area (Å²) in [6, 6.07) is 9.65. The van der Waals surface area contributed by atoms with Crippen molar-refractivity contribution in [3.05, 3.63) is 71.3 Å². The molecule has 88 valence electrons. The van der Waals surface area contributed by atoms with E-state index in [2.05, 4.69) is 4.79 Å². The van der Waals surface area contributed by atoms with Gasteiger partial charge < -0.3 is 5.53 Å². The molecule has 0 aliphatic heterocycles. The molecule has 0 aromatic heterocycles. The Morgan fingerprint density at radius 2 is 2.00 bits per heavy atom. The zero-order valence-corrected chi connectivity index (χ0v) is 9.78. The molecule has 1 aliphatic carbocycles. The molecular weight excluding hydrogens is 224 g/mol. The van der Waals surface area contributed by atoms with Crippen molar-refractivity contribution in [3.63, 3.8) is 0 Å². The van der Waals surface area contributed by atoms with Gasteiger partial charge in [0.05, 0.1) is 6.42 Å². The highest BCUT2D eigenvalue weighted by Crippen LogP contribution is 2.10. The third kappa shape index (κ3) is 3.00. The van der Waals surface area contributed by atoms with Crippen LogP contribution >= 0.6 is 0 Å². The van der Waals surface area contributed by atoms with Gasteiger partial charge in [0, 0.05) is 11.6 Å². The second kappa shape index (κ2) is 5.71. The molecule has 0 saturated carbocycles. The summed E-state index contributed by atoms with van der Waals surface area (Å²) in [6.45, 7) is 0. The maximum absolute atomic E-state index is 11.9. The molecule has 0 radical (unpaired) electrons. The standard InChI is InChI=1S/C15H12N2O/c16-17-14-9-7-13(8-10-14)15(18)11-6-12-4-2-1-3-5-12/h1-9,11H,10H2. The number of hydrogen-bond donors (Lipinski definition) is 0. The first-order chi connectivity index (χ1) is 8.79. The lowest BCUT2D eigenvalue weighted by Gasteiger charge is -2.00. The highest BCUT2D eigenvalue weighted by Gasteiger charge is 2.11. The summed E-state index contributed by atoms with van der Waals surface area (Å²) in [6.07, 6.45) is 8.87. The summed E-state index contributed by atoms with van der Waals surface area (Å²) >= 11 is 0. The maximum Gasteiger partial charge on any atom is 0.295 e. The van der Waals surface area contributed by atoms with Crippen molar-refractivity contribution >= 4 is 17.6 Å². The molecule has 0 bridgehead atoms. The van der Waals surface area contributed by atoms with Gasteiger partial charge in [0.1, 0.15) is 0 Å². The van der Waals surface area contributed by atoms with Gasteiger partial charge in [-0.3, -0.25) is 4.79 Å². The summed E-state index contributed by atoms with van der Waals surface area (Å²) in [5.74, 6) is -0.0490. The Hall–Kier alpha value is -2.51. The molecule has 0 fully saturated rings. The van der Waals surface area contributed by atoms with E-state index in [9.17, 15) is 4.79 Å². The fourth-order valence-corrected chi connectivity index (χ4v) is 1.63. The number of hydrogen-bond acceptors (Lipinski definition) is 1. The third-order valence-corrected chi connectivity index (χ3v) is 2.63. The van der Waals surface area contributed by atoms with Crippen LogP contribution in [-0.4, -0.2) is 16.3 Å².